The number of carbonyl (C=O) groups excluding carboxylic acids is 1. The molecule has 1 aromatic heterocycles. The predicted octanol–water partition coefficient (Wildman–Crippen LogP) is 2.78. The van der Waals surface area contributed by atoms with Crippen molar-refractivity contribution in [3.05, 3.63) is 42.2 Å². The Morgan fingerprint density at radius 2 is 2.05 bits per heavy atom. The molecule has 2 aromatic rings. The summed E-state index contributed by atoms with van der Waals surface area (Å²) in [5, 5.41) is 4.98. The summed E-state index contributed by atoms with van der Waals surface area (Å²) in [4.78, 5) is 16.7. The van der Waals surface area contributed by atoms with E-state index in [1.807, 2.05) is 30.3 Å². The minimum absolute atomic E-state index is 0.0977. The number of carbonyl (C=O) groups is 1. The molecule has 21 heavy (non-hydrogen) atoms. The van der Waals surface area contributed by atoms with E-state index in [1.165, 1.54) is 0 Å². The number of pyridine rings is 1. The fourth-order valence-electron chi connectivity index (χ4n) is 2.72. The monoisotopic (exact) mass is 284 g/mol. The Morgan fingerprint density at radius 1 is 1.29 bits per heavy atom. The van der Waals surface area contributed by atoms with Crippen molar-refractivity contribution in [3.63, 3.8) is 0 Å². The van der Waals surface area contributed by atoms with E-state index in [-0.39, 0.29) is 11.3 Å². The highest BCUT2D eigenvalue weighted by Crippen LogP contribution is 2.28. The summed E-state index contributed by atoms with van der Waals surface area (Å²) in [5.41, 5.74) is 0.627. The lowest BCUT2D eigenvalue weighted by molar-refractivity contribution is 0.0238. The van der Waals surface area contributed by atoms with Crippen LogP contribution >= 0.6 is 0 Å². The van der Waals surface area contributed by atoms with Crippen LogP contribution in [0.5, 0.6) is 0 Å². The number of amides is 1. The highest BCUT2D eigenvalue weighted by molar-refractivity contribution is 6.05. The lowest BCUT2D eigenvalue weighted by Gasteiger charge is -2.33. The summed E-state index contributed by atoms with van der Waals surface area (Å²) < 4.78 is 5.39. The molecule has 1 fully saturated rings. The number of ether oxygens (including phenoxy) is 1. The van der Waals surface area contributed by atoms with Gasteiger partial charge in [0.2, 0.25) is 0 Å². The number of fused-ring (bicyclic) bond motifs is 1. The van der Waals surface area contributed by atoms with Crippen molar-refractivity contribution in [2.24, 2.45) is 5.41 Å². The van der Waals surface area contributed by atoms with Crippen LogP contribution in [0.4, 0.5) is 0 Å². The Balaban J connectivity index is 1.75. The number of benzene rings is 1. The largest absolute Gasteiger partial charge is 0.381 e. The molecule has 2 heterocycles. The van der Waals surface area contributed by atoms with Crippen LogP contribution in [0.25, 0.3) is 10.8 Å². The fraction of sp³-hybridized carbons (Fsp3) is 0.412. The first-order valence-electron chi connectivity index (χ1n) is 7.38. The van der Waals surface area contributed by atoms with E-state index in [2.05, 4.69) is 17.2 Å². The quantitative estimate of drug-likeness (QED) is 0.943. The molecular weight excluding hydrogens is 264 g/mol. The molecule has 0 atom stereocenters. The minimum Gasteiger partial charge on any atom is -0.381 e. The maximum absolute atomic E-state index is 12.4. The van der Waals surface area contributed by atoms with Crippen molar-refractivity contribution in [3.8, 4) is 0 Å². The van der Waals surface area contributed by atoms with E-state index < -0.39 is 0 Å². The van der Waals surface area contributed by atoms with Gasteiger partial charge >= 0.3 is 0 Å². The van der Waals surface area contributed by atoms with Gasteiger partial charge in [0.1, 0.15) is 5.69 Å². The second-order valence-corrected chi connectivity index (χ2v) is 5.99. The summed E-state index contributed by atoms with van der Waals surface area (Å²) in [6.07, 6.45) is 3.65. The molecule has 1 aromatic carbocycles. The number of hydrogen-bond acceptors (Lipinski definition) is 3. The number of nitrogens with zero attached hydrogens (tertiary/aromatic N) is 1. The van der Waals surface area contributed by atoms with E-state index >= 15 is 0 Å². The van der Waals surface area contributed by atoms with Crippen LogP contribution in [-0.2, 0) is 4.74 Å². The molecule has 1 aliphatic heterocycles. The van der Waals surface area contributed by atoms with Crippen molar-refractivity contribution < 1.29 is 9.53 Å². The highest BCUT2D eigenvalue weighted by atomic mass is 16.5. The molecule has 0 aliphatic carbocycles. The third-order valence-corrected chi connectivity index (χ3v) is 4.26. The molecule has 4 heteroatoms. The van der Waals surface area contributed by atoms with Crippen LogP contribution in [0.2, 0.25) is 0 Å². The van der Waals surface area contributed by atoms with E-state index in [1.54, 1.807) is 6.20 Å². The average molecular weight is 284 g/mol. The van der Waals surface area contributed by atoms with Gasteiger partial charge in [-0.05, 0) is 29.7 Å². The maximum atomic E-state index is 12.4. The average Bonchev–Trinajstić information content (AvgIpc) is 2.53. The molecule has 0 radical (unpaired) electrons. The second-order valence-electron chi connectivity index (χ2n) is 5.99. The van der Waals surface area contributed by atoms with Crippen molar-refractivity contribution in [2.45, 2.75) is 19.8 Å². The lowest BCUT2D eigenvalue weighted by atomic mass is 9.82. The molecule has 1 N–H and O–H groups in total. The van der Waals surface area contributed by atoms with Gasteiger partial charge in [-0.25, -0.2) is 0 Å². The molecule has 1 aliphatic rings. The van der Waals surface area contributed by atoms with Crippen LogP contribution in [-0.4, -0.2) is 30.6 Å². The molecule has 0 spiro atoms. The molecular formula is C17H20N2O2. The normalized spacial score (nSPS) is 17.6. The third kappa shape index (κ3) is 3.05. The van der Waals surface area contributed by atoms with E-state index in [4.69, 9.17) is 4.74 Å². The predicted molar refractivity (Wildman–Crippen MR) is 82.2 cm³/mol. The summed E-state index contributed by atoms with van der Waals surface area (Å²) in [7, 11) is 0. The molecule has 3 rings (SSSR count). The molecule has 0 saturated carbocycles. The van der Waals surface area contributed by atoms with Gasteiger partial charge in [0.25, 0.3) is 5.91 Å². The number of aromatic nitrogens is 1. The van der Waals surface area contributed by atoms with Gasteiger partial charge in [0, 0.05) is 31.3 Å². The lowest BCUT2D eigenvalue weighted by Crippen LogP contribution is -2.39. The Bertz CT molecular complexity index is 643. The molecule has 0 bridgehead atoms. The second kappa shape index (κ2) is 5.82. The standard InChI is InChI=1S/C17H20N2O2/c1-17(7-10-21-11-8-17)12-19-16(20)15-14-5-3-2-4-13(14)6-9-18-15/h2-6,9H,7-8,10-12H2,1H3,(H,19,20). The van der Waals surface area contributed by atoms with Crippen molar-refractivity contribution in [1.29, 1.82) is 0 Å². The number of hydrogen-bond donors (Lipinski definition) is 1. The van der Waals surface area contributed by atoms with Gasteiger partial charge in [0.05, 0.1) is 0 Å². The Morgan fingerprint density at radius 3 is 2.86 bits per heavy atom. The molecule has 110 valence electrons. The van der Waals surface area contributed by atoms with Gasteiger partial charge in [-0.3, -0.25) is 9.78 Å². The summed E-state index contributed by atoms with van der Waals surface area (Å²) in [6, 6.07) is 9.75. The van der Waals surface area contributed by atoms with Gasteiger partial charge in [0.15, 0.2) is 0 Å². The SMILES string of the molecule is CC1(CNC(=O)c2nccc3ccccc23)CCOCC1. The third-order valence-electron chi connectivity index (χ3n) is 4.26. The van der Waals surface area contributed by atoms with Crippen LogP contribution < -0.4 is 5.32 Å². The van der Waals surface area contributed by atoms with Crippen molar-refractivity contribution in [2.75, 3.05) is 19.8 Å². The zero-order valence-electron chi connectivity index (χ0n) is 12.3. The summed E-state index contributed by atoms with van der Waals surface area (Å²) in [5.74, 6) is -0.0977. The molecule has 1 amide bonds. The topological polar surface area (TPSA) is 51.2 Å². The van der Waals surface area contributed by atoms with Crippen molar-refractivity contribution >= 4 is 16.7 Å². The zero-order valence-corrected chi connectivity index (χ0v) is 12.3. The highest BCUT2D eigenvalue weighted by Gasteiger charge is 2.28. The van der Waals surface area contributed by atoms with Crippen LogP contribution in [0.1, 0.15) is 30.3 Å². The fourth-order valence-corrected chi connectivity index (χ4v) is 2.72. The number of nitrogens with one attached hydrogen (secondary N) is 1. The maximum Gasteiger partial charge on any atom is 0.270 e. The molecule has 4 nitrogen and oxygen atoms in total. The Hall–Kier alpha value is -1.94. The zero-order chi connectivity index (χ0) is 14.7. The number of rotatable bonds is 3. The van der Waals surface area contributed by atoms with Gasteiger partial charge in [-0.1, -0.05) is 31.2 Å². The van der Waals surface area contributed by atoms with E-state index in [9.17, 15) is 4.79 Å². The first kappa shape index (κ1) is 14.0. The van der Waals surface area contributed by atoms with Crippen LogP contribution in [0.3, 0.4) is 0 Å². The van der Waals surface area contributed by atoms with Gasteiger partial charge in [-0.15, -0.1) is 0 Å². The molecule has 1 saturated heterocycles. The first-order chi connectivity index (χ1) is 10.2. The van der Waals surface area contributed by atoms with Gasteiger partial charge in [-0.2, -0.15) is 0 Å². The smallest absolute Gasteiger partial charge is 0.270 e. The van der Waals surface area contributed by atoms with Gasteiger partial charge < -0.3 is 10.1 Å². The van der Waals surface area contributed by atoms with Crippen LogP contribution in [0.15, 0.2) is 36.5 Å². The van der Waals surface area contributed by atoms with E-state index in [0.29, 0.717) is 12.2 Å². The first-order valence-corrected chi connectivity index (χ1v) is 7.38. The van der Waals surface area contributed by atoms with E-state index in [0.717, 1.165) is 36.8 Å². The summed E-state index contributed by atoms with van der Waals surface area (Å²) in [6.45, 7) is 4.42. The Kier molecular flexibility index (Phi) is 3.88. The molecule has 0 unspecified atom stereocenters. The van der Waals surface area contributed by atoms with Crippen molar-refractivity contribution in [1.82, 2.24) is 10.3 Å². The Labute approximate surface area is 124 Å². The minimum atomic E-state index is -0.0977. The van der Waals surface area contributed by atoms with Crippen LogP contribution in [0, 0.1) is 5.41 Å². The summed E-state index contributed by atoms with van der Waals surface area (Å²) >= 11 is 0.